The first-order chi connectivity index (χ1) is 14.2. The van der Waals surface area contributed by atoms with Crippen LogP contribution in [0.5, 0.6) is 11.5 Å². The number of nitrogens with zero attached hydrogens (tertiary/aromatic N) is 1. The van der Waals surface area contributed by atoms with E-state index in [2.05, 4.69) is 16.7 Å². The standard InChI is InChI=1S/C23H24FN3O3/c1-23(2,3)21-16(12-25)20(26-22(28)27-21)14-9-10-18(19(11-14)29-4)30-13-15-7-5-6-8-17(15)24/h5-11,20H,13H2,1-4H3,(H2,26,27,28)/t20-/m0/s1. The summed E-state index contributed by atoms with van der Waals surface area (Å²) in [5.74, 6) is 0.513. The molecular weight excluding hydrogens is 385 g/mol. The van der Waals surface area contributed by atoms with Gasteiger partial charge in [0.15, 0.2) is 11.5 Å². The minimum atomic E-state index is -0.618. The molecule has 0 aromatic heterocycles. The van der Waals surface area contributed by atoms with Crippen LogP contribution in [0.2, 0.25) is 0 Å². The van der Waals surface area contributed by atoms with Gasteiger partial charge in [0.25, 0.3) is 0 Å². The average Bonchev–Trinajstić information content (AvgIpc) is 2.71. The van der Waals surface area contributed by atoms with Crippen LogP contribution >= 0.6 is 0 Å². The van der Waals surface area contributed by atoms with Gasteiger partial charge in [0.1, 0.15) is 12.4 Å². The number of methoxy groups -OCH3 is 1. The third-order valence-electron chi connectivity index (χ3n) is 4.80. The second-order valence-corrected chi connectivity index (χ2v) is 7.97. The zero-order chi connectivity index (χ0) is 21.9. The van der Waals surface area contributed by atoms with Crippen molar-refractivity contribution in [3.05, 3.63) is 70.7 Å². The number of amides is 2. The molecule has 0 saturated carbocycles. The molecule has 0 unspecified atom stereocenters. The molecule has 1 atom stereocenters. The van der Waals surface area contributed by atoms with E-state index < -0.39 is 11.5 Å². The lowest BCUT2D eigenvalue weighted by Gasteiger charge is -2.33. The van der Waals surface area contributed by atoms with Crippen LogP contribution in [0.1, 0.15) is 37.9 Å². The zero-order valence-corrected chi connectivity index (χ0v) is 17.4. The van der Waals surface area contributed by atoms with Gasteiger partial charge < -0.3 is 20.1 Å². The van der Waals surface area contributed by atoms with Gasteiger partial charge in [-0.05, 0) is 23.8 Å². The molecule has 2 aromatic rings. The largest absolute Gasteiger partial charge is 0.493 e. The van der Waals surface area contributed by atoms with E-state index in [4.69, 9.17) is 9.47 Å². The zero-order valence-electron chi connectivity index (χ0n) is 17.4. The van der Waals surface area contributed by atoms with Crippen molar-refractivity contribution in [2.45, 2.75) is 33.4 Å². The third kappa shape index (κ3) is 4.38. The fraction of sp³-hybridized carbons (Fsp3) is 0.304. The highest BCUT2D eigenvalue weighted by Crippen LogP contribution is 2.37. The molecule has 0 radical (unpaired) electrons. The van der Waals surface area contributed by atoms with Gasteiger partial charge in [-0.15, -0.1) is 0 Å². The Labute approximate surface area is 175 Å². The minimum Gasteiger partial charge on any atom is -0.493 e. The Morgan fingerprint density at radius 1 is 1.17 bits per heavy atom. The van der Waals surface area contributed by atoms with Gasteiger partial charge in [-0.25, -0.2) is 9.18 Å². The van der Waals surface area contributed by atoms with E-state index in [1.165, 1.54) is 13.2 Å². The number of hydrogen-bond donors (Lipinski definition) is 2. The number of halogens is 1. The molecule has 1 heterocycles. The molecule has 6 nitrogen and oxygen atoms in total. The topological polar surface area (TPSA) is 83.4 Å². The molecule has 2 N–H and O–H groups in total. The van der Waals surface area contributed by atoms with E-state index in [-0.39, 0.29) is 18.5 Å². The van der Waals surface area contributed by atoms with Crippen LogP contribution in [0.25, 0.3) is 0 Å². The number of hydrogen-bond acceptors (Lipinski definition) is 4. The van der Waals surface area contributed by atoms with Gasteiger partial charge >= 0.3 is 6.03 Å². The van der Waals surface area contributed by atoms with Crippen molar-refractivity contribution in [1.29, 1.82) is 5.26 Å². The van der Waals surface area contributed by atoms with Crippen molar-refractivity contribution in [2.75, 3.05) is 7.11 Å². The van der Waals surface area contributed by atoms with Crippen molar-refractivity contribution < 1.29 is 18.7 Å². The van der Waals surface area contributed by atoms with Crippen LogP contribution in [-0.4, -0.2) is 13.1 Å². The highest BCUT2D eigenvalue weighted by atomic mass is 19.1. The lowest BCUT2D eigenvalue weighted by molar-refractivity contribution is 0.235. The molecule has 156 valence electrons. The molecule has 0 spiro atoms. The number of allylic oxidation sites excluding steroid dienone is 1. The molecule has 3 rings (SSSR count). The van der Waals surface area contributed by atoms with Crippen molar-refractivity contribution in [3.8, 4) is 17.6 Å². The van der Waals surface area contributed by atoms with E-state index in [1.807, 2.05) is 20.8 Å². The summed E-state index contributed by atoms with van der Waals surface area (Å²) in [6.07, 6.45) is 0. The van der Waals surface area contributed by atoms with Gasteiger partial charge in [0.05, 0.1) is 24.8 Å². The summed E-state index contributed by atoms with van der Waals surface area (Å²) in [5.41, 5.74) is 1.72. The summed E-state index contributed by atoms with van der Waals surface area (Å²) in [7, 11) is 1.50. The van der Waals surface area contributed by atoms with Crippen molar-refractivity contribution in [2.24, 2.45) is 5.41 Å². The molecule has 30 heavy (non-hydrogen) atoms. The number of rotatable bonds is 5. The van der Waals surface area contributed by atoms with Crippen molar-refractivity contribution in [1.82, 2.24) is 10.6 Å². The number of nitrogens with one attached hydrogen (secondary N) is 2. The normalized spacial score (nSPS) is 16.4. The summed E-state index contributed by atoms with van der Waals surface area (Å²) < 4.78 is 25.0. The van der Waals surface area contributed by atoms with Gasteiger partial charge in [0, 0.05) is 16.7 Å². The van der Waals surface area contributed by atoms with E-state index in [0.29, 0.717) is 33.9 Å². The van der Waals surface area contributed by atoms with Crippen molar-refractivity contribution >= 4 is 6.03 Å². The van der Waals surface area contributed by atoms with Crippen LogP contribution < -0.4 is 20.1 Å². The van der Waals surface area contributed by atoms with Crippen LogP contribution in [0.4, 0.5) is 9.18 Å². The van der Waals surface area contributed by atoms with Gasteiger partial charge in [-0.3, -0.25) is 0 Å². The van der Waals surface area contributed by atoms with Crippen molar-refractivity contribution in [3.63, 3.8) is 0 Å². The van der Waals surface area contributed by atoms with Crippen LogP contribution in [-0.2, 0) is 6.61 Å². The minimum absolute atomic E-state index is 0.0456. The first-order valence-electron chi connectivity index (χ1n) is 9.51. The highest BCUT2D eigenvalue weighted by molar-refractivity contribution is 5.80. The van der Waals surface area contributed by atoms with E-state index in [1.54, 1.807) is 36.4 Å². The average molecular weight is 409 g/mol. The Hall–Kier alpha value is -3.53. The second-order valence-electron chi connectivity index (χ2n) is 7.97. The maximum absolute atomic E-state index is 13.8. The van der Waals surface area contributed by atoms with E-state index in [9.17, 15) is 14.4 Å². The maximum Gasteiger partial charge on any atom is 0.319 e. The Kier molecular flexibility index (Phi) is 5.97. The molecule has 7 heteroatoms. The van der Waals surface area contributed by atoms with E-state index in [0.717, 1.165) is 0 Å². The molecule has 0 aliphatic carbocycles. The molecule has 2 amide bonds. The molecule has 0 saturated heterocycles. The molecule has 1 aliphatic heterocycles. The second kappa shape index (κ2) is 8.46. The molecule has 1 aliphatic rings. The number of carbonyl (C=O) groups is 1. The number of carbonyl (C=O) groups excluding carboxylic acids is 1. The Balaban J connectivity index is 1.93. The fourth-order valence-corrected chi connectivity index (χ4v) is 3.28. The Bertz CT molecular complexity index is 1030. The number of ether oxygens (including phenoxy) is 2. The SMILES string of the molecule is COc1cc([C@@H]2NC(=O)NC(C(C)(C)C)=C2C#N)ccc1OCc1ccccc1F. The highest BCUT2D eigenvalue weighted by Gasteiger charge is 2.34. The number of urea groups is 1. The lowest BCUT2D eigenvalue weighted by atomic mass is 9.84. The van der Waals surface area contributed by atoms with Gasteiger partial charge in [-0.1, -0.05) is 45.0 Å². The summed E-state index contributed by atoms with van der Waals surface area (Å²) in [6.45, 7) is 5.84. The molecule has 0 bridgehead atoms. The van der Waals surface area contributed by atoms with Crippen LogP contribution in [0.3, 0.4) is 0 Å². The van der Waals surface area contributed by atoms with Gasteiger partial charge in [-0.2, -0.15) is 5.26 Å². The first kappa shape index (κ1) is 21.2. The monoisotopic (exact) mass is 409 g/mol. The Morgan fingerprint density at radius 3 is 2.53 bits per heavy atom. The molecular formula is C23H24FN3O3. The molecule has 2 aromatic carbocycles. The summed E-state index contributed by atoms with van der Waals surface area (Å²) in [4.78, 5) is 12.2. The number of nitriles is 1. The quantitative estimate of drug-likeness (QED) is 0.757. The third-order valence-corrected chi connectivity index (χ3v) is 4.80. The number of benzene rings is 2. The summed E-state index contributed by atoms with van der Waals surface area (Å²) in [6, 6.07) is 12.8. The Morgan fingerprint density at radius 2 is 1.90 bits per heavy atom. The summed E-state index contributed by atoms with van der Waals surface area (Å²) >= 11 is 0. The lowest BCUT2D eigenvalue weighted by Crippen LogP contribution is -2.46. The first-order valence-corrected chi connectivity index (χ1v) is 9.51. The molecule has 0 fully saturated rings. The smallest absolute Gasteiger partial charge is 0.319 e. The fourth-order valence-electron chi connectivity index (χ4n) is 3.28. The van der Waals surface area contributed by atoms with Gasteiger partial charge in [0.2, 0.25) is 0 Å². The van der Waals surface area contributed by atoms with Crippen LogP contribution in [0.15, 0.2) is 53.7 Å². The van der Waals surface area contributed by atoms with Crippen LogP contribution in [0, 0.1) is 22.6 Å². The maximum atomic E-state index is 13.8. The predicted octanol–water partition coefficient (Wildman–Crippen LogP) is 4.59. The van der Waals surface area contributed by atoms with E-state index >= 15 is 0 Å². The summed E-state index contributed by atoms with van der Waals surface area (Å²) in [5, 5.41) is 15.3. The predicted molar refractivity (Wildman–Crippen MR) is 110 cm³/mol.